The minimum absolute atomic E-state index is 0.592. The second kappa shape index (κ2) is 8.72. The molecule has 0 radical (unpaired) electrons. The quantitative estimate of drug-likeness (QED) is 0.444. The van der Waals surface area contributed by atoms with Crippen molar-refractivity contribution in [3.05, 3.63) is 12.2 Å². The molecule has 0 aromatic heterocycles. The predicted molar refractivity (Wildman–Crippen MR) is 43.5 cm³/mol. The largest absolute Gasteiger partial charge is 0.198 e. The first kappa shape index (κ1) is 9.72. The number of nitrogens with zero attached hydrogens (tertiary/aromatic N) is 2. The molecule has 2 nitrogen and oxygen atoms in total. The van der Waals surface area contributed by atoms with E-state index < -0.39 is 0 Å². The van der Waals surface area contributed by atoms with Crippen molar-refractivity contribution in [1.29, 1.82) is 10.5 Å². The topological polar surface area (TPSA) is 47.6 Å². The summed E-state index contributed by atoms with van der Waals surface area (Å²) in [5.41, 5.74) is 0. The molecule has 0 amide bonds. The molecule has 0 saturated carbocycles. The third-order valence-corrected chi connectivity index (χ3v) is 1.25. The van der Waals surface area contributed by atoms with E-state index in [1.165, 1.54) is 0 Å². The predicted octanol–water partition coefficient (Wildman–Crippen LogP) is 2.54. The van der Waals surface area contributed by atoms with Gasteiger partial charge in [0.2, 0.25) is 0 Å². The van der Waals surface area contributed by atoms with Gasteiger partial charge in [0.25, 0.3) is 0 Å². The van der Waals surface area contributed by atoms with Gasteiger partial charge in [-0.1, -0.05) is 12.2 Å². The van der Waals surface area contributed by atoms with Gasteiger partial charge in [0.1, 0.15) is 0 Å². The first-order valence-electron chi connectivity index (χ1n) is 3.80. The maximum absolute atomic E-state index is 8.19. The second-order valence-corrected chi connectivity index (χ2v) is 2.22. The normalized spacial score (nSPS) is 9.27. The fourth-order valence-electron chi connectivity index (χ4n) is 0.683. The van der Waals surface area contributed by atoms with Crippen molar-refractivity contribution < 1.29 is 0 Å². The van der Waals surface area contributed by atoms with Crippen molar-refractivity contribution in [3.63, 3.8) is 0 Å². The van der Waals surface area contributed by atoms with Gasteiger partial charge < -0.3 is 0 Å². The molecular formula is C9H12N2. The van der Waals surface area contributed by atoms with Gasteiger partial charge in [0.15, 0.2) is 0 Å². The average molecular weight is 148 g/mol. The number of hydrogen-bond acceptors (Lipinski definition) is 2. The number of unbranched alkanes of at least 4 members (excludes halogenated alkanes) is 3. The van der Waals surface area contributed by atoms with E-state index in [2.05, 4.69) is 12.1 Å². The molecule has 0 rings (SSSR count). The average Bonchev–Trinajstić information content (AvgIpc) is 2.03. The lowest BCUT2D eigenvalue weighted by molar-refractivity contribution is 0.871. The number of nitriles is 2. The molecule has 0 aliphatic heterocycles. The van der Waals surface area contributed by atoms with Crippen LogP contribution < -0.4 is 0 Å². The molecule has 0 unspecified atom stereocenters. The van der Waals surface area contributed by atoms with Crippen molar-refractivity contribution >= 4 is 0 Å². The van der Waals surface area contributed by atoms with E-state index in [0.29, 0.717) is 12.8 Å². The van der Waals surface area contributed by atoms with Crippen LogP contribution in [-0.2, 0) is 0 Å². The SMILES string of the molecule is N#CCC/C=C\CCCC#N. The minimum atomic E-state index is 0.592. The van der Waals surface area contributed by atoms with Crippen LogP contribution in [0.1, 0.15) is 32.1 Å². The van der Waals surface area contributed by atoms with Gasteiger partial charge in [-0.3, -0.25) is 0 Å². The van der Waals surface area contributed by atoms with E-state index in [1.54, 1.807) is 0 Å². The van der Waals surface area contributed by atoms with Crippen LogP contribution in [0.2, 0.25) is 0 Å². The molecule has 2 heteroatoms. The van der Waals surface area contributed by atoms with Crippen LogP contribution in [0, 0.1) is 22.7 Å². The summed E-state index contributed by atoms with van der Waals surface area (Å²) in [6.07, 6.45) is 7.98. The van der Waals surface area contributed by atoms with E-state index in [9.17, 15) is 0 Å². The van der Waals surface area contributed by atoms with Gasteiger partial charge >= 0.3 is 0 Å². The Labute approximate surface area is 67.8 Å². The van der Waals surface area contributed by atoms with Crippen LogP contribution in [0.3, 0.4) is 0 Å². The standard InChI is InChI=1S/C9H12N2/c10-8-6-4-2-1-3-5-7-9-11/h1-2H,3-7H2/b2-1-. The summed E-state index contributed by atoms with van der Waals surface area (Å²) < 4.78 is 0. The van der Waals surface area contributed by atoms with E-state index in [1.807, 2.05) is 12.2 Å². The molecule has 0 spiro atoms. The zero-order chi connectivity index (χ0) is 8.36. The van der Waals surface area contributed by atoms with Crippen LogP contribution in [0.15, 0.2) is 12.2 Å². The Morgan fingerprint density at radius 1 is 0.909 bits per heavy atom. The summed E-state index contributed by atoms with van der Waals surface area (Å²) in [5.74, 6) is 0. The van der Waals surface area contributed by atoms with Gasteiger partial charge in [0.05, 0.1) is 12.1 Å². The van der Waals surface area contributed by atoms with Crippen LogP contribution in [-0.4, -0.2) is 0 Å². The van der Waals surface area contributed by atoms with Crippen molar-refractivity contribution in [2.24, 2.45) is 0 Å². The molecule has 0 aromatic rings. The number of allylic oxidation sites excluding steroid dienone is 2. The zero-order valence-corrected chi connectivity index (χ0v) is 6.58. The highest BCUT2D eigenvalue weighted by atomic mass is 14.2. The highest BCUT2D eigenvalue weighted by Crippen LogP contribution is 1.97. The van der Waals surface area contributed by atoms with Gasteiger partial charge in [-0.25, -0.2) is 0 Å². The van der Waals surface area contributed by atoms with Crippen LogP contribution in [0.4, 0.5) is 0 Å². The lowest BCUT2D eigenvalue weighted by Gasteiger charge is -1.85. The van der Waals surface area contributed by atoms with Crippen LogP contribution in [0.5, 0.6) is 0 Å². The highest BCUT2D eigenvalue weighted by Gasteiger charge is 1.81. The first-order chi connectivity index (χ1) is 5.41. The zero-order valence-electron chi connectivity index (χ0n) is 6.58. The Balaban J connectivity index is 3.06. The first-order valence-corrected chi connectivity index (χ1v) is 3.80. The molecule has 0 heterocycles. The Morgan fingerprint density at radius 2 is 1.55 bits per heavy atom. The number of hydrogen-bond donors (Lipinski definition) is 0. The fourth-order valence-corrected chi connectivity index (χ4v) is 0.683. The summed E-state index contributed by atoms with van der Waals surface area (Å²) >= 11 is 0. The fraction of sp³-hybridized carbons (Fsp3) is 0.556. The van der Waals surface area contributed by atoms with Gasteiger partial charge in [-0.2, -0.15) is 10.5 Å². The van der Waals surface area contributed by atoms with Crippen molar-refractivity contribution in [3.8, 4) is 12.1 Å². The molecule has 0 N–H and O–H groups in total. The van der Waals surface area contributed by atoms with Gasteiger partial charge in [-0.15, -0.1) is 0 Å². The maximum atomic E-state index is 8.19. The Morgan fingerprint density at radius 3 is 2.18 bits per heavy atom. The second-order valence-electron chi connectivity index (χ2n) is 2.22. The van der Waals surface area contributed by atoms with Crippen LogP contribution in [0.25, 0.3) is 0 Å². The van der Waals surface area contributed by atoms with E-state index in [-0.39, 0.29) is 0 Å². The maximum Gasteiger partial charge on any atom is 0.0624 e. The third kappa shape index (κ3) is 8.72. The van der Waals surface area contributed by atoms with E-state index in [4.69, 9.17) is 10.5 Å². The monoisotopic (exact) mass is 148 g/mol. The van der Waals surface area contributed by atoms with Gasteiger partial charge in [-0.05, 0) is 19.3 Å². The third-order valence-electron chi connectivity index (χ3n) is 1.25. The summed E-state index contributed by atoms with van der Waals surface area (Å²) in [6.45, 7) is 0. The van der Waals surface area contributed by atoms with Crippen LogP contribution >= 0.6 is 0 Å². The highest BCUT2D eigenvalue weighted by molar-refractivity contribution is 4.86. The lowest BCUT2D eigenvalue weighted by Crippen LogP contribution is -1.69. The minimum Gasteiger partial charge on any atom is -0.198 e. The van der Waals surface area contributed by atoms with Gasteiger partial charge in [0, 0.05) is 12.8 Å². The molecule has 0 bridgehead atoms. The summed E-state index contributed by atoms with van der Waals surface area (Å²) in [7, 11) is 0. The van der Waals surface area contributed by atoms with Crippen molar-refractivity contribution in [2.75, 3.05) is 0 Å². The summed E-state index contributed by atoms with van der Waals surface area (Å²) in [6, 6.07) is 4.15. The van der Waals surface area contributed by atoms with E-state index >= 15 is 0 Å². The Bertz CT molecular complexity index is 181. The molecule has 0 atom stereocenters. The lowest BCUT2D eigenvalue weighted by atomic mass is 10.2. The Kier molecular flexibility index (Phi) is 7.71. The molecular weight excluding hydrogens is 136 g/mol. The summed E-state index contributed by atoms with van der Waals surface area (Å²) in [4.78, 5) is 0. The number of rotatable bonds is 5. The molecule has 0 saturated heterocycles. The molecule has 0 fully saturated rings. The van der Waals surface area contributed by atoms with Crippen molar-refractivity contribution in [1.82, 2.24) is 0 Å². The molecule has 11 heavy (non-hydrogen) atoms. The smallest absolute Gasteiger partial charge is 0.0624 e. The summed E-state index contributed by atoms with van der Waals surface area (Å²) in [5, 5.41) is 16.4. The molecule has 0 aliphatic rings. The molecule has 58 valence electrons. The van der Waals surface area contributed by atoms with Crippen molar-refractivity contribution in [2.45, 2.75) is 32.1 Å². The van der Waals surface area contributed by atoms with E-state index in [0.717, 1.165) is 19.3 Å². The Hall–Kier alpha value is -1.28. The molecule has 0 aliphatic carbocycles. The molecule has 0 aromatic carbocycles.